The standard InChI is InChI=1S/C27H30N4O2S/c1-21-8-13-27-25(20-21)30(24-6-2-3-7-26(24)34-27)15-5-4-14-28-16-18-29(19-17-28)22-9-11-23(12-10-22)31(32)33/h2-3,6-13,20H,4-5,14-19H2,1H3. The predicted octanol–water partition coefficient (Wildman–Crippen LogP) is 6.11. The van der Waals surface area contributed by atoms with Crippen LogP contribution < -0.4 is 9.80 Å². The molecule has 1 fully saturated rings. The number of unbranched alkanes of at least 4 members (excludes halogenated alkanes) is 1. The zero-order valence-corrected chi connectivity index (χ0v) is 20.3. The molecule has 0 aromatic heterocycles. The van der Waals surface area contributed by atoms with E-state index in [9.17, 15) is 10.1 Å². The molecule has 0 aliphatic carbocycles. The second kappa shape index (κ2) is 10.1. The Kier molecular flexibility index (Phi) is 6.74. The Morgan fingerprint density at radius 1 is 0.853 bits per heavy atom. The predicted molar refractivity (Wildman–Crippen MR) is 140 cm³/mol. The van der Waals surface area contributed by atoms with Crippen molar-refractivity contribution in [3.05, 3.63) is 82.4 Å². The molecule has 0 unspecified atom stereocenters. The lowest BCUT2D eigenvalue weighted by Gasteiger charge is -2.36. The van der Waals surface area contributed by atoms with E-state index < -0.39 is 0 Å². The molecule has 0 spiro atoms. The molecular formula is C27H30N4O2S. The minimum atomic E-state index is -0.344. The topological polar surface area (TPSA) is 52.9 Å². The van der Waals surface area contributed by atoms with Gasteiger partial charge in [0.2, 0.25) is 0 Å². The van der Waals surface area contributed by atoms with Crippen LogP contribution in [0.3, 0.4) is 0 Å². The molecule has 0 saturated carbocycles. The van der Waals surface area contributed by atoms with Crippen LogP contribution in [0.4, 0.5) is 22.7 Å². The second-order valence-electron chi connectivity index (χ2n) is 9.00. The van der Waals surface area contributed by atoms with E-state index in [1.54, 1.807) is 12.1 Å². The summed E-state index contributed by atoms with van der Waals surface area (Å²) in [5, 5.41) is 10.9. The maximum Gasteiger partial charge on any atom is 0.269 e. The summed E-state index contributed by atoms with van der Waals surface area (Å²) in [5.41, 5.74) is 5.17. The summed E-state index contributed by atoms with van der Waals surface area (Å²) in [7, 11) is 0. The van der Waals surface area contributed by atoms with Gasteiger partial charge < -0.3 is 9.80 Å². The van der Waals surface area contributed by atoms with Gasteiger partial charge in [0.15, 0.2) is 0 Å². The molecule has 2 aliphatic heterocycles. The van der Waals surface area contributed by atoms with Gasteiger partial charge in [-0.2, -0.15) is 0 Å². The minimum absolute atomic E-state index is 0.148. The maximum absolute atomic E-state index is 10.9. The SMILES string of the molecule is Cc1ccc2c(c1)N(CCCCN1CCN(c3ccc([N+](=O)[O-])cc3)CC1)c1ccccc1S2. The van der Waals surface area contributed by atoms with Gasteiger partial charge in [0.1, 0.15) is 0 Å². The molecule has 1 saturated heterocycles. The first-order valence-electron chi connectivity index (χ1n) is 12.0. The van der Waals surface area contributed by atoms with Crippen molar-refractivity contribution in [1.29, 1.82) is 0 Å². The molecule has 176 valence electrons. The van der Waals surface area contributed by atoms with Crippen molar-refractivity contribution >= 4 is 34.5 Å². The van der Waals surface area contributed by atoms with E-state index in [0.29, 0.717) is 0 Å². The third-order valence-corrected chi connectivity index (χ3v) is 7.82. The average Bonchev–Trinajstić information content (AvgIpc) is 2.86. The quantitative estimate of drug-likeness (QED) is 0.234. The number of non-ortho nitro benzene ring substituents is 1. The summed E-state index contributed by atoms with van der Waals surface area (Å²) in [5.74, 6) is 0. The van der Waals surface area contributed by atoms with E-state index in [2.05, 4.69) is 64.1 Å². The third kappa shape index (κ3) is 4.91. The van der Waals surface area contributed by atoms with Gasteiger partial charge in [0, 0.05) is 60.3 Å². The van der Waals surface area contributed by atoms with Gasteiger partial charge in [-0.15, -0.1) is 0 Å². The first-order chi connectivity index (χ1) is 16.6. The van der Waals surface area contributed by atoms with Gasteiger partial charge in [0.05, 0.1) is 16.3 Å². The number of benzene rings is 3. The summed E-state index contributed by atoms with van der Waals surface area (Å²) in [6, 6.07) is 22.4. The van der Waals surface area contributed by atoms with Crippen LogP contribution >= 0.6 is 11.8 Å². The second-order valence-corrected chi connectivity index (χ2v) is 10.1. The number of rotatable bonds is 7. The molecule has 7 heteroatoms. The van der Waals surface area contributed by atoms with Crippen molar-refractivity contribution in [3.63, 3.8) is 0 Å². The van der Waals surface area contributed by atoms with Crippen molar-refractivity contribution < 1.29 is 4.92 Å². The van der Waals surface area contributed by atoms with E-state index in [1.165, 1.54) is 33.2 Å². The van der Waals surface area contributed by atoms with Crippen molar-refractivity contribution in [2.24, 2.45) is 0 Å². The molecule has 3 aromatic rings. The number of nitro groups is 1. The van der Waals surface area contributed by atoms with Crippen LogP contribution in [0.1, 0.15) is 18.4 Å². The van der Waals surface area contributed by atoms with Crippen LogP contribution in [0.2, 0.25) is 0 Å². The lowest BCUT2D eigenvalue weighted by Crippen LogP contribution is -2.46. The first kappa shape index (κ1) is 22.7. The van der Waals surface area contributed by atoms with Gasteiger partial charge in [0.25, 0.3) is 5.69 Å². The van der Waals surface area contributed by atoms with E-state index >= 15 is 0 Å². The molecule has 0 N–H and O–H groups in total. The Labute approximate surface area is 205 Å². The number of nitrogens with zero attached hydrogens (tertiary/aromatic N) is 4. The highest BCUT2D eigenvalue weighted by atomic mass is 32.2. The highest BCUT2D eigenvalue weighted by Gasteiger charge is 2.23. The largest absolute Gasteiger partial charge is 0.369 e. The number of aryl methyl sites for hydroxylation is 1. The van der Waals surface area contributed by atoms with E-state index in [-0.39, 0.29) is 10.6 Å². The highest BCUT2D eigenvalue weighted by molar-refractivity contribution is 7.99. The zero-order valence-electron chi connectivity index (χ0n) is 19.5. The molecule has 5 rings (SSSR count). The molecule has 34 heavy (non-hydrogen) atoms. The molecule has 0 atom stereocenters. The molecule has 2 heterocycles. The number of para-hydroxylation sites is 1. The first-order valence-corrected chi connectivity index (χ1v) is 12.8. The van der Waals surface area contributed by atoms with E-state index in [0.717, 1.165) is 51.4 Å². The fourth-order valence-corrected chi connectivity index (χ4v) is 5.88. The number of fused-ring (bicyclic) bond motifs is 2. The maximum atomic E-state index is 10.9. The van der Waals surface area contributed by atoms with Crippen LogP contribution in [-0.2, 0) is 0 Å². The third-order valence-electron chi connectivity index (χ3n) is 6.69. The van der Waals surface area contributed by atoms with Crippen LogP contribution in [0, 0.1) is 17.0 Å². The number of hydrogen-bond donors (Lipinski definition) is 0. The van der Waals surface area contributed by atoms with Crippen LogP contribution in [0.5, 0.6) is 0 Å². The lowest BCUT2D eigenvalue weighted by molar-refractivity contribution is -0.384. The fraction of sp³-hybridized carbons (Fsp3) is 0.333. The molecular weight excluding hydrogens is 444 g/mol. The molecule has 0 amide bonds. The van der Waals surface area contributed by atoms with Gasteiger partial charge in [-0.1, -0.05) is 30.0 Å². The Bertz CT molecular complexity index is 1160. The molecule has 0 radical (unpaired) electrons. The molecule has 6 nitrogen and oxygen atoms in total. The Balaban J connectivity index is 1.13. The van der Waals surface area contributed by atoms with Crippen LogP contribution in [0.25, 0.3) is 0 Å². The summed E-state index contributed by atoms with van der Waals surface area (Å²) in [6.07, 6.45) is 2.32. The summed E-state index contributed by atoms with van der Waals surface area (Å²) in [4.78, 5) is 20.6. The number of piperazine rings is 1. The zero-order chi connectivity index (χ0) is 23.5. The van der Waals surface area contributed by atoms with Gasteiger partial charge in [-0.05, 0) is 68.3 Å². The monoisotopic (exact) mass is 474 g/mol. The summed E-state index contributed by atoms with van der Waals surface area (Å²) < 4.78 is 0. The highest BCUT2D eigenvalue weighted by Crippen LogP contribution is 2.48. The molecule has 2 aliphatic rings. The number of hydrogen-bond acceptors (Lipinski definition) is 6. The van der Waals surface area contributed by atoms with Crippen LogP contribution in [-0.4, -0.2) is 49.1 Å². The number of anilines is 3. The van der Waals surface area contributed by atoms with Crippen molar-refractivity contribution in [1.82, 2.24) is 4.90 Å². The van der Waals surface area contributed by atoms with Crippen molar-refractivity contribution in [3.8, 4) is 0 Å². The van der Waals surface area contributed by atoms with E-state index in [1.807, 2.05) is 23.9 Å². The van der Waals surface area contributed by atoms with Crippen molar-refractivity contribution in [2.45, 2.75) is 29.6 Å². The number of nitro benzene ring substituents is 1. The Hall–Kier alpha value is -3.03. The van der Waals surface area contributed by atoms with Gasteiger partial charge in [-0.25, -0.2) is 0 Å². The average molecular weight is 475 g/mol. The lowest BCUT2D eigenvalue weighted by atomic mass is 10.1. The van der Waals surface area contributed by atoms with Crippen molar-refractivity contribution in [2.75, 3.05) is 49.1 Å². The van der Waals surface area contributed by atoms with Crippen LogP contribution in [0.15, 0.2) is 76.5 Å². The molecule has 3 aromatic carbocycles. The Morgan fingerprint density at radius 3 is 2.32 bits per heavy atom. The smallest absolute Gasteiger partial charge is 0.269 e. The fourth-order valence-electron chi connectivity index (χ4n) is 4.80. The van der Waals surface area contributed by atoms with Gasteiger partial charge in [-0.3, -0.25) is 15.0 Å². The van der Waals surface area contributed by atoms with E-state index in [4.69, 9.17) is 0 Å². The summed E-state index contributed by atoms with van der Waals surface area (Å²) in [6.45, 7) is 8.28. The Morgan fingerprint density at radius 2 is 1.56 bits per heavy atom. The molecule has 0 bridgehead atoms. The van der Waals surface area contributed by atoms with Gasteiger partial charge >= 0.3 is 0 Å². The minimum Gasteiger partial charge on any atom is -0.369 e. The normalized spacial score (nSPS) is 15.7. The summed E-state index contributed by atoms with van der Waals surface area (Å²) >= 11 is 1.87.